The summed E-state index contributed by atoms with van der Waals surface area (Å²) in [5.74, 6) is 0. The van der Waals surface area contributed by atoms with Crippen LogP contribution in [0.2, 0.25) is 0 Å². The Hall–Kier alpha value is -1.77. The highest BCUT2D eigenvalue weighted by Crippen LogP contribution is 2.24. The molecule has 0 spiro atoms. The highest BCUT2D eigenvalue weighted by molar-refractivity contribution is 7.89. The summed E-state index contributed by atoms with van der Waals surface area (Å²) in [7, 11) is -2.09. The molecule has 22 heavy (non-hydrogen) atoms. The summed E-state index contributed by atoms with van der Waals surface area (Å²) in [6.07, 6.45) is 0. The molecule has 6 nitrogen and oxygen atoms in total. The zero-order valence-corrected chi connectivity index (χ0v) is 14.1. The van der Waals surface area contributed by atoms with Gasteiger partial charge in [0.05, 0.1) is 5.69 Å². The molecule has 2 aromatic heterocycles. The van der Waals surface area contributed by atoms with Gasteiger partial charge in [-0.05, 0) is 19.4 Å². The monoisotopic (exact) mass is 336 g/mol. The van der Waals surface area contributed by atoms with E-state index in [1.807, 2.05) is 37.3 Å². The molecule has 0 saturated heterocycles. The van der Waals surface area contributed by atoms with Gasteiger partial charge in [0.2, 0.25) is 4.96 Å². The normalized spacial score (nSPS) is 12.4. The summed E-state index contributed by atoms with van der Waals surface area (Å²) in [6, 6.07) is 9.49. The fourth-order valence-corrected chi connectivity index (χ4v) is 4.52. The minimum absolute atomic E-state index is 0.144. The van der Waals surface area contributed by atoms with Crippen molar-refractivity contribution in [2.24, 2.45) is 0 Å². The highest BCUT2D eigenvalue weighted by Gasteiger charge is 2.29. The van der Waals surface area contributed by atoms with Gasteiger partial charge >= 0.3 is 0 Å². The molecule has 0 bridgehead atoms. The second-order valence-corrected chi connectivity index (χ2v) is 8.18. The third kappa shape index (κ3) is 2.53. The van der Waals surface area contributed by atoms with Gasteiger partial charge in [-0.2, -0.15) is 13.9 Å². The standard InChI is InChI=1S/C14H16N4O2S2/c1-10-13(18-14(15-10)21-11(2)16-18)22(19,20)17(3)9-12-7-5-4-6-8-12/h4-8H,9H2,1-3H3. The first kappa shape index (κ1) is 15.1. The zero-order valence-electron chi connectivity index (χ0n) is 12.5. The average molecular weight is 336 g/mol. The molecule has 1 aromatic carbocycles. The average Bonchev–Trinajstić information content (AvgIpc) is 2.93. The third-order valence-corrected chi connectivity index (χ3v) is 6.06. The van der Waals surface area contributed by atoms with Crippen molar-refractivity contribution in [3.8, 4) is 0 Å². The molecule has 3 aromatic rings. The van der Waals surface area contributed by atoms with E-state index in [1.54, 1.807) is 14.0 Å². The minimum Gasteiger partial charge on any atom is -0.221 e. The number of aryl methyl sites for hydroxylation is 2. The van der Waals surface area contributed by atoms with Crippen molar-refractivity contribution in [1.29, 1.82) is 0 Å². The van der Waals surface area contributed by atoms with Crippen molar-refractivity contribution in [1.82, 2.24) is 18.9 Å². The summed E-state index contributed by atoms with van der Waals surface area (Å²) >= 11 is 1.38. The van der Waals surface area contributed by atoms with Crippen LogP contribution in [0, 0.1) is 13.8 Å². The maximum absolute atomic E-state index is 12.9. The Morgan fingerprint density at radius 3 is 2.59 bits per heavy atom. The molecule has 0 atom stereocenters. The van der Waals surface area contributed by atoms with E-state index in [2.05, 4.69) is 10.1 Å². The summed E-state index contributed by atoms with van der Waals surface area (Å²) in [4.78, 5) is 4.90. The Kier molecular flexibility index (Phi) is 3.75. The van der Waals surface area contributed by atoms with Gasteiger partial charge in [-0.3, -0.25) is 0 Å². The predicted molar refractivity (Wildman–Crippen MR) is 85.4 cm³/mol. The van der Waals surface area contributed by atoms with Crippen molar-refractivity contribution in [2.45, 2.75) is 25.4 Å². The Balaban J connectivity index is 2.02. The molecule has 0 N–H and O–H groups in total. The Bertz CT molecular complexity index is 913. The predicted octanol–water partition coefficient (Wildman–Crippen LogP) is 2.23. The molecule has 0 unspecified atom stereocenters. The molecule has 8 heteroatoms. The maximum atomic E-state index is 12.9. The molecule has 0 saturated carbocycles. The maximum Gasteiger partial charge on any atom is 0.262 e. The lowest BCUT2D eigenvalue weighted by molar-refractivity contribution is 0.461. The molecule has 0 aliphatic rings. The van der Waals surface area contributed by atoms with Gasteiger partial charge in [0.15, 0.2) is 5.03 Å². The first-order valence-electron chi connectivity index (χ1n) is 6.72. The van der Waals surface area contributed by atoms with Crippen molar-refractivity contribution < 1.29 is 8.42 Å². The van der Waals surface area contributed by atoms with Crippen LogP contribution in [0.5, 0.6) is 0 Å². The van der Waals surface area contributed by atoms with E-state index in [4.69, 9.17) is 0 Å². The largest absolute Gasteiger partial charge is 0.262 e. The van der Waals surface area contributed by atoms with Crippen LogP contribution in [0.15, 0.2) is 35.4 Å². The highest BCUT2D eigenvalue weighted by atomic mass is 32.2. The lowest BCUT2D eigenvalue weighted by Gasteiger charge is -2.16. The van der Waals surface area contributed by atoms with Crippen LogP contribution in [0.3, 0.4) is 0 Å². The quantitative estimate of drug-likeness (QED) is 0.733. The zero-order chi connectivity index (χ0) is 15.9. The van der Waals surface area contributed by atoms with Crippen molar-refractivity contribution in [3.05, 3.63) is 46.6 Å². The van der Waals surface area contributed by atoms with E-state index in [-0.39, 0.29) is 5.03 Å². The topological polar surface area (TPSA) is 67.6 Å². The van der Waals surface area contributed by atoms with Crippen molar-refractivity contribution in [2.75, 3.05) is 7.05 Å². The molecule has 0 amide bonds. The smallest absolute Gasteiger partial charge is 0.221 e. The summed E-state index contributed by atoms with van der Waals surface area (Å²) in [5.41, 5.74) is 1.40. The van der Waals surface area contributed by atoms with Crippen LogP contribution < -0.4 is 0 Å². The van der Waals surface area contributed by atoms with E-state index in [1.165, 1.54) is 20.2 Å². The Labute approximate surface area is 133 Å². The molecule has 0 fully saturated rings. The lowest BCUT2D eigenvalue weighted by atomic mass is 10.2. The fraction of sp³-hybridized carbons (Fsp3) is 0.286. The van der Waals surface area contributed by atoms with E-state index in [0.717, 1.165) is 10.6 Å². The number of hydrogen-bond acceptors (Lipinski definition) is 5. The SMILES string of the molecule is Cc1nn2c(S(=O)(=O)N(C)Cc3ccccc3)c(C)nc2s1. The summed E-state index contributed by atoms with van der Waals surface area (Å²) in [6.45, 7) is 3.83. The number of fused-ring (bicyclic) bond motifs is 1. The molecular weight excluding hydrogens is 320 g/mol. The summed E-state index contributed by atoms with van der Waals surface area (Å²) in [5, 5.41) is 5.18. The number of imidazole rings is 1. The van der Waals surface area contributed by atoms with Crippen LogP contribution in [-0.4, -0.2) is 34.4 Å². The van der Waals surface area contributed by atoms with Crippen LogP contribution in [0.4, 0.5) is 0 Å². The van der Waals surface area contributed by atoms with Gasteiger partial charge in [-0.25, -0.2) is 13.4 Å². The van der Waals surface area contributed by atoms with Crippen molar-refractivity contribution >= 4 is 26.3 Å². The first-order chi connectivity index (χ1) is 10.4. The van der Waals surface area contributed by atoms with Gasteiger partial charge in [0.1, 0.15) is 5.01 Å². The molecular formula is C14H16N4O2S2. The third-order valence-electron chi connectivity index (χ3n) is 3.33. The van der Waals surface area contributed by atoms with E-state index >= 15 is 0 Å². The number of hydrogen-bond donors (Lipinski definition) is 0. The minimum atomic E-state index is -3.66. The molecule has 0 aliphatic heterocycles. The fourth-order valence-electron chi connectivity index (χ4n) is 2.30. The van der Waals surface area contributed by atoms with Crippen LogP contribution in [0.1, 0.15) is 16.3 Å². The molecule has 116 valence electrons. The number of benzene rings is 1. The Morgan fingerprint density at radius 2 is 1.91 bits per heavy atom. The molecule has 0 radical (unpaired) electrons. The number of rotatable bonds is 4. The number of nitrogens with zero attached hydrogens (tertiary/aromatic N) is 4. The molecule has 0 aliphatic carbocycles. The van der Waals surface area contributed by atoms with E-state index < -0.39 is 10.0 Å². The van der Waals surface area contributed by atoms with Crippen molar-refractivity contribution in [3.63, 3.8) is 0 Å². The van der Waals surface area contributed by atoms with E-state index in [0.29, 0.717) is 17.2 Å². The van der Waals surface area contributed by atoms with Gasteiger partial charge in [0, 0.05) is 13.6 Å². The number of sulfonamides is 1. The van der Waals surface area contributed by atoms with E-state index in [9.17, 15) is 8.42 Å². The first-order valence-corrected chi connectivity index (χ1v) is 8.98. The van der Waals surface area contributed by atoms with Gasteiger partial charge in [0.25, 0.3) is 10.0 Å². The van der Waals surface area contributed by atoms with Gasteiger partial charge in [-0.15, -0.1) is 0 Å². The summed E-state index contributed by atoms with van der Waals surface area (Å²) < 4.78 is 28.5. The second kappa shape index (κ2) is 5.45. The number of aromatic nitrogens is 3. The van der Waals surface area contributed by atoms with Crippen LogP contribution >= 0.6 is 11.3 Å². The second-order valence-electron chi connectivity index (χ2n) is 5.06. The lowest BCUT2D eigenvalue weighted by Crippen LogP contribution is -2.28. The van der Waals surface area contributed by atoms with Crippen LogP contribution in [-0.2, 0) is 16.6 Å². The van der Waals surface area contributed by atoms with Gasteiger partial charge in [-0.1, -0.05) is 41.7 Å². The van der Waals surface area contributed by atoms with Gasteiger partial charge < -0.3 is 0 Å². The molecule has 3 rings (SSSR count). The molecule has 2 heterocycles. The Morgan fingerprint density at radius 1 is 1.23 bits per heavy atom. The van der Waals surface area contributed by atoms with Crippen LogP contribution in [0.25, 0.3) is 4.96 Å².